The molecule has 2 heteroatoms. The molecule has 0 aromatic carbocycles. The first kappa shape index (κ1) is 22.8. The summed E-state index contributed by atoms with van der Waals surface area (Å²) in [5, 5.41) is 20.1. The molecule has 0 bridgehead atoms. The summed E-state index contributed by atoms with van der Waals surface area (Å²) >= 11 is 0. The van der Waals surface area contributed by atoms with Crippen LogP contribution >= 0.6 is 0 Å². The Morgan fingerprint density at radius 3 is 2.69 bits per heavy atom. The first-order valence-corrected chi connectivity index (χ1v) is 12.1. The van der Waals surface area contributed by atoms with Gasteiger partial charge >= 0.3 is 0 Å². The lowest BCUT2D eigenvalue weighted by Gasteiger charge is -2.44. The van der Waals surface area contributed by atoms with Crippen molar-refractivity contribution in [2.75, 3.05) is 0 Å². The van der Waals surface area contributed by atoms with Crippen molar-refractivity contribution in [1.82, 2.24) is 0 Å². The molecule has 5 atom stereocenters. The van der Waals surface area contributed by atoms with Crippen LogP contribution in [0.1, 0.15) is 98.3 Å². The van der Waals surface area contributed by atoms with Gasteiger partial charge in [-0.2, -0.15) is 0 Å². The first-order valence-electron chi connectivity index (χ1n) is 12.1. The molecule has 164 valence electrons. The Balaban J connectivity index is 1.68. The summed E-state index contributed by atoms with van der Waals surface area (Å²) in [6, 6.07) is 0. The molecule has 0 amide bonds. The molecule has 2 nitrogen and oxygen atoms in total. The molecule has 3 fully saturated rings. The Kier molecular flexibility index (Phi) is 7.16. The molecule has 0 radical (unpaired) electrons. The highest BCUT2D eigenvalue weighted by Crippen LogP contribution is 2.60. The maximum absolute atomic E-state index is 10.0. The van der Waals surface area contributed by atoms with Gasteiger partial charge in [-0.15, -0.1) is 0 Å². The van der Waals surface area contributed by atoms with E-state index in [4.69, 9.17) is 0 Å². The van der Waals surface area contributed by atoms with Crippen molar-refractivity contribution in [1.29, 1.82) is 0 Å². The van der Waals surface area contributed by atoms with E-state index in [1.807, 2.05) is 13.8 Å². The van der Waals surface area contributed by atoms with Crippen LogP contribution in [0.3, 0.4) is 0 Å². The average Bonchev–Trinajstić information content (AvgIpc) is 2.99. The molecule has 0 saturated heterocycles. The van der Waals surface area contributed by atoms with E-state index < -0.39 is 5.60 Å². The molecule has 0 aromatic heterocycles. The van der Waals surface area contributed by atoms with Crippen molar-refractivity contribution in [2.24, 2.45) is 23.2 Å². The van der Waals surface area contributed by atoms with Crippen molar-refractivity contribution in [3.8, 4) is 0 Å². The Bertz CT molecular complexity index is 650. The Hall–Kier alpha value is -0.860. The van der Waals surface area contributed by atoms with Gasteiger partial charge in [0.25, 0.3) is 0 Å². The molecule has 3 aliphatic carbocycles. The number of rotatable bonds is 6. The summed E-state index contributed by atoms with van der Waals surface area (Å²) in [6.07, 6.45) is 16.9. The van der Waals surface area contributed by atoms with Crippen molar-refractivity contribution in [3.05, 3.63) is 35.5 Å². The molecule has 0 heterocycles. The summed E-state index contributed by atoms with van der Waals surface area (Å²) in [5.41, 5.74) is 4.02. The van der Waals surface area contributed by atoms with E-state index in [9.17, 15) is 10.2 Å². The third-order valence-corrected chi connectivity index (χ3v) is 8.36. The lowest BCUT2D eigenvalue weighted by atomic mass is 9.60. The van der Waals surface area contributed by atoms with Crippen molar-refractivity contribution in [3.63, 3.8) is 0 Å². The van der Waals surface area contributed by atoms with Gasteiger partial charge in [0.1, 0.15) is 0 Å². The topological polar surface area (TPSA) is 40.5 Å². The summed E-state index contributed by atoms with van der Waals surface area (Å²) < 4.78 is 0. The smallest absolute Gasteiger partial charge is 0.0591 e. The first-order chi connectivity index (χ1) is 13.6. The molecule has 2 N–H and O–H groups in total. The van der Waals surface area contributed by atoms with E-state index >= 15 is 0 Å². The maximum Gasteiger partial charge on any atom is 0.0591 e. The highest BCUT2D eigenvalue weighted by Gasteiger charge is 2.50. The highest BCUT2D eigenvalue weighted by molar-refractivity contribution is 5.36. The Morgan fingerprint density at radius 2 is 1.97 bits per heavy atom. The molecule has 0 aromatic rings. The predicted octanol–water partition coefficient (Wildman–Crippen LogP) is 6.73. The third kappa shape index (κ3) is 5.44. The van der Waals surface area contributed by atoms with Crippen molar-refractivity contribution >= 4 is 0 Å². The van der Waals surface area contributed by atoms with E-state index in [1.54, 1.807) is 5.57 Å². The summed E-state index contributed by atoms with van der Waals surface area (Å²) in [6.45, 7) is 13.1. The van der Waals surface area contributed by atoms with Gasteiger partial charge < -0.3 is 10.2 Å². The standard InChI is InChI=1S/C27H44O2/c1-19-10-13-23(28)18-22(19)12-11-21-9-7-17-27(5)24(14-15-25(21)27)20(2)8-6-16-26(3,4)29/h11-12,20,23-25,28-29H,1,6-10,13-18H2,2-5H3/b21-11+,22-12-/t20-,23-,24+,25?,27+/m0/s1. The van der Waals surface area contributed by atoms with E-state index in [0.717, 1.165) is 49.9 Å². The van der Waals surface area contributed by atoms with Gasteiger partial charge in [0.2, 0.25) is 0 Å². The minimum absolute atomic E-state index is 0.192. The molecular weight excluding hydrogens is 356 g/mol. The van der Waals surface area contributed by atoms with Crippen LogP contribution < -0.4 is 0 Å². The van der Waals surface area contributed by atoms with Crippen LogP contribution in [0, 0.1) is 23.2 Å². The van der Waals surface area contributed by atoms with E-state index in [0.29, 0.717) is 5.41 Å². The lowest BCUT2D eigenvalue weighted by molar-refractivity contribution is 0.0596. The van der Waals surface area contributed by atoms with Crippen LogP contribution in [0.25, 0.3) is 0 Å². The van der Waals surface area contributed by atoms with Gasteiger partial charge in [-0.05, 0) is 100 Å². The predicted molar refractivity (Wildman–Crippen MR) is 123 cm³/mol. The quantitative estimate of drug-likeness (QED) is 0.518. The molecule has 0 spiro atoms. The Labute approximate surface area is 179 Å². The maximum atomic E-state index is 10.0. The normalized spacial score (nSPS) is 37.2. The van der Waals surface area contributed by atoms with E-state index in [1.165, 1.54) is 49.7 Å². The molecule has 1 unspecified atom stereocenters. The number of hydrogen-bond donors (Lipinski definition) is 2. The zero-order valence-electron chi connectivity index (χ0n) is 19.3. The second-order valence-corrected chi connectivity index (χ2v) is 11.2. The fraction of sp³-hybridized carbons (Fsp3) is 0.778. The Morgan fingerprint density at radius 1 is 1.21 bits per heavy atom. The van der Waals surface area contributed by atoms with Crippen LogP contribution in [0.5, 0.6) is 0 Å². The van der Waals surface area contributed by atoms with Crippen LogP contribution in [-0.2, 0) is 0 Å². The number of allylic oxidation sites excluding steroid dienone is 4. The van der Waals surface area contributed by atoms with Crippen LogP contribution in [-0.4, -0.2) is 21.9 Å². The second-order valence-electron chi connectivity index (χ2n) is 11.2. The SMILES string of the molecule is C=C1CC[C@H](O)C/C1=C/C=C1\CCC[C@@]2(C)C1CC[C@@H]2[C@@H](C)CCCC(C)(C)O. The van der Waals surface area contributed by atoms with E-state index in [-0.39, 0.29) is 6.10 Å². The van der Waals surface area contributed by atoms with Gasteiger partial charge in [0.05, 0.1) is 11.7 Å². The van der Waals surface area contributed by atoms with Crippen LogP contribution in [0.4, 0.5) is 0 Å². The van der Waals surface area contributed by atoms with Crippen molar-refractivity contribution in [2.45, 2.75) is 110 Å². The molecule has 3 saturated carbocycles. The third-order valence-electron chi connectivity index (χ3n) is 8.36. The molecule has 0 aliphatic heterocycles. The largest absolute Gasteiger partial charge is 0.393 e. The fourth-order valence-electron chi connectivity index (χ4n) is 6.67. The fourth-order valence-corrected chi connectivity index (χ4v) is 6.67. The molecular formula is C27H44O2. The molecule has 29 heavy (non-hydrogen) atoms. The number of fused-ring (bicyclic) bond motifs is 1. The minimum atomic E-state index is -0.535. The summed E-state index contributed by atoms with van der Waals surface area (Å²) in [7, 11) is 0. The second kappa shape index (κ2) is 9.10. The van der Waals surface area contributed by atoms with E-state index in [2.05, 4.69) is 32.6 Å². The zero-order chi connectivity index (χ0) is 21.2. The minimum Gasteiger partial charge on any atom is -0.393 e. The van der Waals surface area contributed by atoms with Gasteiger partial charge in [-0.25, -0.2) is 0 Å². The van der Waals surface area contributed by atoms with Crippen LogP contribution in [0.2, 0.25) is 0 Å². The average molecular weight is 401 g/mol. The van der Waals surface area contributed by atoms with Crippen molar-refractivity contribution < 1.29 is 10.2 Å². The van der Waals surface area contributed by atoms with Gasteiger partial charge in [0.15, 0.2) is 0 Å². The summed E-state index contributed by atoms with van der Waals surface area (Å²) in [5.74, 6) is 2.26. The number of hydrogen-bond acceptors (Lipinski definition) is 2. The van der Waals surface area contributed by atoms with Gasteiger partial charge in [-0.1, -0.05) is 56.6 Å². The lowest BCUT2D eigenvalue weighted by Crippen LogP contribution is -2.36. The number of aliphatic hydroxyl groups is 2. The molecule has 3 aliphatic rings. The van der Waals surface area contributed by atoms with Crippen LogP contribution in [0.15, 0.2) is 35.5 Å². The highest BCUT2D eigenvalue weighted by atomic mass is 16.3. The summed E-state index contributed by atoms with van der Waals surface area (Å²) in [4.78, 5) is 0. The van der Waals surface area contributed by atoms with Gasteiger partial charge in [0, 0.05) is 0 Å². The number of aliphatic hydroxyl groups excluding tert-OH is 1. The van der Waals surface area contributed by atoms with Gasteiger partial charge in [-0.3, -0.25) is 0 Å². The molecule has 3 rings (SSSR count). The monoisotopic (exact) mass is 400 g/mol. The zero-order valence-corrected chi connectivity index (χ0v) is 19.3.